The smallest absolute Gasteiger partial charge is 0.336 e. The van der Waals surface area contributed by atoms with Crippen molar-refractivity contribution in [2.45, 2.75) is 38.5 Å². The van der Waals surface area contributed by atoms with Gasteiger partial charge in [0, 0.05) is 35.0 Å². The highest BCUT2D eigenvalue weighted by atomic mass is 16.5. The van der Waals surface area contributed by atoms with Crippen molar-refractivity contribution in [2.24, 2.45) is 0 Å². The van der Waals surface area contributed by atoms with Crippen LogP contribution in [0.1, 0.15) is 49.7 Å². The predicted molar refractivity (Wildman–Crippen MR) is 145 cm³/mol. The monoisotopic (exact) mass is 537 g/mol. The van der Waals surface area contributed by atoms with E-state index in [1.54, 1.807) is 33.3 Å². The molecule has 0 saturated carbocycles. The van der Waals surface area contributed by atoms with Crippen molar-refractivity contribution in [1.29, 1.82) is 0 Å². The van der Waals surface area contributed by atoms with E-state index >= 15 is 0 Å². The first-order valence-corrected chi connectivity index (χ1v) is 12.7. The van der Waals surface area contributed by atoms with Crippen molar-refractivity contribution in [3.05, 3.63) is 64.0 Å². The molecule has 2 aromatic carbocycles. The molecule has 39 heavy (non-hydrogen) atoms. The Labute approximate surface area is 228 Å². The van der Waals surface area contributed by atoms with Gasteiger partial charge >= 0.3 is 5.97 Å². The van der Waals surface area contributed by atoms with Crippen molar-refractivity contribution in [1.82, 2.24) is 5.32 Å². The molecule has 0 amide bonds. The van der Waals surface area contributed by atoms with E-state index in [-0.39, 0.29) is 24.7 Å². The number of carbonyl (C=O) groups is 2. The van der Waals surface area contributed by atoms with Crippen molar-refractivity contribution in [3.63, 3.8) is 0 Å². The Morgan fingerprint density at radius 1 is 0.846 bits per heavy atom. The standard InChI is InChI=1S/C30H35NO8/c1-8-39-30(33)27-16(2)31-20-11-18(17-9-10-22(34-3)24(13-17)36-5)12-21(32)29(20)28(27)19-14-25(37-6)26(38-7)15-23(19)35-4/h9-10,13-15,18,28,31H,8,11-12H2,1-7H3. The fourth-order valence-corrected chi connectivity index (χ4v) is 5.45. The van der Waals surface area contributed by atoms with E-state index in [9.17, 15) is 9.59 Å². The number of hydrogen-bond donors (Lipinski definition) is 1. The second kappa shape index (κ2) is 11.7. The number of ether oxygens (including phenoxy) is 6. The summed E-state index contributed by atoms with van der Waals surface area (Å²) in [5.74, 6) is 1.26. The maximum absolute atomic E-state index is 14.0. The average Bonchev–Trinajstić information content (AvgIpc) is 2.95. The Balaban J connectivity index is 1.87. The molecule has 2 unspecified atom stereocenters. The molecule has 9 heteroatoms. The number of esters is 1. The molecule has 9 nitrogen and oxygen atoms in total. The molecule has 1 heterocycles. The number of carbonyl (C=O) groups excluding carboxylic acids is 2. The fourth-order valence-electron chi connectivity index (χ4n) is 5.45. The van der Waals surface area contributed by atoms with Crippen LogP contribution in [0.5, 0.6) is 28.7 Å². The van der Waals surface area contributed by atoms with Gasteiger partial charge in [-0.15, -0.1) is 0 Å². The molecule has 0 spiro atoms. The Bertz CT molecular complexity index is 1340. The van der Waals surface area contributed by atoms with Gasteiger partial charge in [-0.25, -0.2) is 4.79 Å². The Kier molecular flexibility index (Phi) is 8.38. The van der Waals surface area contributed by atoms with Gasteiger partial charge in [-0.3, -0.25) is 4.79 Å². The van der Waals surface area contributed by atoms with Crippen molar-refractivity contribution >= 4 is 11.8 Å². The minimum atomic E-state index is -0.714. The molecule has 4 rings (SSSR count). The topological polar surface area (TPSA) is 102 Å². The highest BCUT2D eigenvalue weighted by Crippen LogP contribution is 2.50. The van der Waals surface area contributed by atoms with Crippen LogP contribution >= 0.6 is 0 Å². The van der Waals surface area contributed by atoms with Crippen LogP contribution in [0.25, 0.3) is 0 Å². The van der Waals surface area contributed by atoms with E-state index in [0.29, 0.717) is 57.6 Å². The number of hydrogen-bond acceptors (Lipinski definition) is 9. The number of allylic oxidation sites excluding steroid dienone is 3. The molecule has 2 atom stereocenters. The summed E-state index contributed by atoms with van der Waals surface area (Å²) in [5, 5.41) is 3.36. The normalized spacial score (nSPS) is 18.7. The van der Waals surface area contributed by atoms with Crippen LogP contribution in [-0.4, -0.2) is 53.9 Å². The van der Waals surface area contributed by atoms with Gasteiger partial charge in [0.25, 0.3) is 0 Å². The summed E-state index contributed by atoms with van der Waals surface area (Å²) in [6.45, 7) is 3.77. The third-order valence-corrected chi connectivity index (χ3v) is 7.25. The van der Waals surface area contributed by atoms with Gasteiger partial charge in [0.1, 0.15) is 5.75 Å². The first-order chi connectivity index (χ1) is 18.8. The number of benzene rings is 2. The van der Waals surface area contributed by atoms with Crippen LogP contribution in [0.15, 0.2) is 52.9 Å². The highest BCUT2D eigenvalue weighted by Gasteiger charge is 2.43. The van der Waals surface area contributed by atoms with E-state index in [4.69, 9.17) is 28.4 Å². The maximum atomic E-state index is 14.0. The van der Waals surface area contributed by atoms with Crippen LogP contribution in [-0.2, 0) is 14.3 Å². The van der Waals surface area contributed by atoms with Crippen molar-refractivity contribution in [3.8, 4) is 28.7 Å². The molecule has 1 aliphatic heterocycles. The summed E-state index contributed by atoms with van der Waals surface area (Å²) >= 11 is 0. The first-order valence-electron chi connectivity index (χ1n) is 12.7. The molecular formula is C30H35NO8. The number of rotatable bonds is 9. The molecule has 0 fully saturated rings. The largest absolute Gasteiger partial charge is 0.496 e. The SMILES string of the molecule is CCOC(=O)C1=C(C)NC2=C(C(=O)CC(c3ccc(OC)c(OC)c3)C2)C1c1cc(OC)c(OC)cc1OC. The van der Waals surface area contributed by atoms with Crippen LogP contribution in [0.2, 0.25) is 0 Å². The van der Waals surface area contributed by atoms with Gasteiger partial charge in [-0.1, -0.05) is 6.07 Å². The molecule has 208 valence electrons. The van der Waals surface area contributed by atoms with E-state index in [2.05, 4.69) is 5.32 Å². The third kappa shape index (κ3) is 5.13. The maximum Gasteiger partial charge on any atom is 0.336 e. The molecular weight excluding hydrogens is 502 g/mol. The highest BCUT2D eigenvalue weighted by molar-refractivity contribution is 6.04. The van der Waals surface area contributed by atoms with Gasteiger partial charge in [0.15, 0.2) is 28.8 Å². The molecule has 0 aromatic heterocycles. The Morgan fingerprint density at radius 2 is 1.46 bits per heavy atom. The van der Waals surface area contributed by atoms with Gasteiger partial charge < -0.3 is 33.7 Å². The lowest BCUT2D eigenvalue weighted by Crippen LogP contribution is -2.36. The van der Waals surface area contributed by atoms with E-state index < -0.39 is 11.9 Å². The summed E-state index contributed by atoms with van der Waals surface area (Å²) < 4.78 is 33.1. The molecule has 2 aliphatic rings. The number of nitrogens with one attached hydrogen (secondary N) is 1. The van der Waals surface area contributed by atoms with Gasteiger partial charge in [0.2, 0.25) is 0 Å². The van der Waals surface area contributed by atoms with E-state index in [0.717, 1.165) is 11.3 Å². The van der Waals surface area contributed by atoms with Crippen LogP contribution in [0, 0.1) is 0 Å². The molecule has 0 radical (unpaired) electrons. The van der Waals surface area contributed by atoms with Crippen molar-refractivity contribution < 1.29 is 38.0 Å². The third-order valence-electron chi connectivity index (χ3n) is 7.25. The summed E-state index contributed by atoms with van der Waals surface area (Å²) in [4.78, 5) is 27.2. The zero-order valence-electron chi connectivity index (χ0n) is 23.4. The first kappa shape index (κ1) is 27.9. The minimum Gasteiger partial charge on any atom is -0.496 e. The number of dihydropyridines is 1. The average molecular weight is 538 g/mol. The predicted octanol–water partition coefficient (Wildman–Crippen LogP) is 4.65. The van der Waals surface area contributed by atoms with E-state index in [1.807, 2.05) is 25.1 Å². The molecule has 2 aromatic rings. The lowest BCUT2D eigenvalue weighted by atomic mass is 9.71. The molecule has 1 aliphatic carbocycles. The molecule has 0 saturated heterocycles. The van der Waals surface area contributed by atoms with Gasteiger partial charge in [0.05, 0.1) is 53.6 Å². The number of Topliss-reactive ketones (excluding diaryl/α,β-unsaturated/α-hetero) is 1. The lowest BCUT2D eigenvalue weighted by molar-refractivity contribution is -0.138. The van der Waals surface area contributed by atoms with Crippen LogP contribution in [0.4, 0.5) is 0 Å². The second-order valence-electron chi connectivity index (χ2n) is 9.30. The summed E-state index contributed by atoms with van der Waals surface area (Å²) in [5.41, 5.74) is 3.84. The number of ketones is 1. The number of methoxy groups -OCH3 is 5. The lowest BCUT2D eigenvalue weighted by Gasteiger charge is -2.37. The van der Waals surface area contributed by atoms with E-state index in [1.165, 1.54) is 21.3 Å². The van der Waals surface area contributed by atoms with Crippen molar-refractivity contribution in [2.75, 3.05) is 42.2 Å². The summed E-state index contributed by atoms with van der Waals surface area (Å²) in [6, 6.07) is 9.17. The Hall–Kier alpha value is -4.14. The Morgan fingerprint density at radius 3 is 2.08 bits per heavy atom. The van der Waals surface area contributed by atoms with Crippen LogP contribution < -0.4 is 29.0 Å². The van der Waals surface area contributed by atoms with Gasteiger partial charge in [-0.05, 0) is 49.9 Å². The quantitative estimate of drug-likeness (QED) is 0.458. The fraction of sp³-hybridized carbons (Fsp3) is 0.400. The summed E-state index contributed by atoms with van der Waals surface area (Å²) in [6.07, 6.45) is 0.827. The zero-order chi connectivity index (χ0) is 28.3. The molecule has 1 N–H and O–H groups in total. The molecule has 0 bridgehead atoms. The van der Waals surface area contributed by atoms with Gasteiger partial charge in [-0.2, -0.15) is 0 Å². The zero-order valence-corrected chi connectivity index (χ0v) is 23.4. The minimum absolute atomic E-state index is 0.0697. The second-order valence-corrected chi connectivity index (χ2v) is 9.30. The summed E-state index contributed by atoms with van der Waals surface area (Å²) in [7, 11) is 7.79. The van der Waals surface area contributed by atoms with Crippen LogP contribution in [0.3, 0.4) is 0 Å².